The molecule has 0 bridgehead atoms. The zero-order chi connectivity index (χ0) is 14.9. The Labute approximate surface area is 130 Å². The number of quaternary nitrogens is 1. The van der Waals surface area contributed by atoms with Crippen LogP contribution in [0.3, 0.4) is 0 Å². The minimum Gasteiger partial charge on any atom is -0.360 e. The van der Waals surface area contributed by atoms with Crippen LogP contribution in [-0.4, -0.2) is 44.3 Å². The number of aryl methyl sites for hydroxylation is 1. The van der Waals surface area contributed by atoms with E-state index in [1.165, 1.54) is 67.7 Å². The lowest BCUT2D eigenvalue weighted by molar-refractivity contribution is -0.913. The van der Waals surface area contributed by atoms with E-state index in [1.807, 2.05) is 0 Å². The van der Waals surface area contributed by atoms with E-state index in [0.29, 0.717) is 0 Å². The highest BCUT2D eigenvalue weighted by molar-refractivity contribution is 5.47. The predicted molar refractivity (Wildman–Crippen MR) is 90.7 cm³/mol. The van der Waals surface area contributed by atoms with Gasteiger partial charge in [0.25, 0.3) is 0 Å². The molecule has 116 valence electrons. The van der Waals surface area contributed by atoms with Gasteiger partial charge in [0.1, 0.15) is 0 Å². The number of hydrogen-bond acceptors (Lipinski definition) is 1. The highest BCUT2D eigenvalue weighted by Crippen LogP contribution is 2.32. The summed E-state index contributed by atoms with van der Waals surface area (Å²) in [5, 5.41) is 0. The van der Waals surface area contributed by atoms with Crippen LogP contribution >= 0.6 is 0 Å². The first-order valence-corrected chi connectivity index (χ1v) is 8.69. The lowest BCUT2D eigenvalue weighted by atomic mass is 10.0. The summed E-state index contributed by atoms with van der Waals surface area (Å²) < 4.78 is 1.29. The van der Waals surface area contributed by atoms with Gasteiger partial charge < -0.3 is 9.38 Å². The Bertz CT molecular complexity index is 457. The molecule has 0 amide bonds. The van der Waals surface area contributed by atoms with E-state index < -0.39 is 0 Å². The van der Waals surface area contributed by atoms with Crippen LogP contribution in [0.5, 0.6) is 0 Å². The van der Waals surface area contributed by atoms with Crippen molar-refractivity contribution in [2.75, 3.05) is 44.7 Å². The van der Waals surface area contributed by atoms with Crippen molar-refractivity contribution >= 4 is 5.69 Å². The minimum atomic E-state index is 0.968. The fraction of sp³-hybridized carbons (Fsp3) is 0.684. The summed E-state index contributed by atoms with van der Waals surface area (Å²) in [6.45, 7) is 11.0. The van der Waals surface area contributed by atoms with E-state index >= 15 is 0 Å². The van der Waals surface area contributed by atoms with Gasteiger partial charge in [0.15, 0.2) is 0 Å². The van der Waals surface area contributed by atoms with E-state index in [-0.39, 0.29) is 0 Å². The van der Waals surface area contributed by atoms with Gasteiger partial charge in [-0.2, -0.15) is 0 Å². The summed E-state index contributed by atoms with van der Waals surface area (Å²) in [6, 6.07) is 9.03. The summed E-state index contributed by atoms with van der Waals surface area (Å²) in [5.74, 6) is 1.95. The van der Waals surface area contributed by atoms with Gasteiger partial charge in [-0.25, -0.2) is 0 Å². The van der Waals surface area contributed by atoms with E-state index in [2.05, 4.69) is 50.1 Å². The Balaban J connectivity index is 1.55. The average molecular weight is 287 g/mol. The fourth-order valence-electron chi connectivity index (χ4n) is 4.26. The topological polar surface area (TPSA) is 3.24 Å². The molecular weight excluding hydrogens is 256 g/mol. The van der Waals surface area contributed by atoms with Crippen LogP contribution in [0, 0.1) is 18.8 Å². The van der Waals surface area contributed by atoms with Gasteiger partial charge in [-0.05, 0) is 37.8 Å². The molecule has 2 atom stereocenters. The lowest BCUT2D eigenvalue weighted by Gasteiger charge is -2.44. The lowest BCUT2D eigenvalue weighted by Crippen LogP contribution is -2.58. The summed E-state index contributed by atoms with van der Waals surface area (Å²) in [5.41, 5.74) is 2.76. The third kappa shape index (κ3) is 3.60. The molecule has 0 radical (unpaired) electrons. The second kappa shape index (κ2) is 6.00. The van der Waals surface area contributed by atoms with Crippen LogP contribution in [0.1, 0.15) is 31.7 Å². The summed E-state index contributed by atoms with van der Waals surface area (Å²) >= 11 is 0. The Morgan fingerprint density at radius 2 is 1.76 bits per heavy atom. The van der Waals surface area contributed by atoms with Crippen molar-refractivity contribution in [2.45, 2.75) is 33.1 Å². The van der Waals surface area contributed by atoms with Crippen molar-refractivity contribution in [3.05, 3.63) is 29.8 Å². The molecule has 1 saturated heterocycles. The summed E-state index contributed by atoms with van der Waals surface area (Å²) in [6.07, 6.45) is 4.40. The van der Waals surface area contributed by atoms with Crippen molar-refractivity contribution in [2.24, 2.45) is 11.8 Å². The van der Waals surface area contributed by atoms with Crippen molar-refractivity contribution in [3.63, 3.8) is 0 Å². The number of piperazine rings is 1. The maximum atomic E-state index is 2.57. The average Bonchev–Trinajstić information content (AvgIpc) is 2.85. The maximum absolute atomic E-state index is 2.57. The quantitative estimate of drug-likeness (QED) is 0.766. The van der Waals surface area contributed by atoms with Crippen LogP contribution in [0.2, 0.25) is 0 Å². The van der Waals surface area contributed by atoms with Crippen LogP contribution in [-0.2, 0) is 0 Å². The van der Waals surface area contributed by atoms with Gasteiger partial charge in [-0.3, -0.25) is 0 Å². The number of nitrogens with zero attached hydrogens (tertiary/aromatic N) is 2. The number of rotatable bonds is 3. The first kappa shape index (κ1) is 14.9. The van der Waals surface area contributed by atoms with Crippen molar-refractivity contribution < 1.29 is 4.48 Å². The summed E-state index contributed by atoms with van der Waals surface area (Å²) in [7, 11) is 2.48. The minimum absolute atomic E-state index is 0.968. The molecule has 2 aliphatic rings. The molecule has 3 rings (SSSR count). The molecule has 1 aromatic rings. The largest absolute Gasteiger partial charge is 0.360 e. The number of anilines is 1. The standard InChI is InChI=1S/C19H31N2/c1-16-5-8-19(9-6-16)20-10-12-21(3,13-11-20)15-18-7-4-17(2)14-18/h5-6,8-9,17-18H,4,7,10-15H2,1-3H3/q+1. The van der Waals surface area contributed by atoms with E-state index in [0.717, 1.165) is 11.8 Å². The molecule has 21 heavy (non-hydrogen) atoms. The first-order valence-electron chi connectivity index (χ1n) is 8.69. The Morgan fingerprint density at radius 3 is 2.33 bits per heavy atom. The van der Waals surface area contributed by atoms with Crippen molar-refractivity contribution in [3.8, 4) is 0 Å². The molecule has 2 fully saturated rings. The maximum Gasteiger partial charge on any atom is 0.0963 e. The second-order valence-corrected chi connectivity index (χ2v) is 7.86. The molecule has 1 saturated carbocycles. The van der Waals surface area contributed by atoms with E-state index in [9.17, 15) is 0 Å². The van der Waals surface area contributed by atoms with Crippen molar-refractivity contribution in [1.82, 2.24) is 0 Å². The van der Waals surface area contributed by atoms with Crippen LogP contribution < -0.4 is 4.90 Å². The predicted octanol–water partition coefficient (Wildman–Crippen LogP) is 3.70. The normalized spacial score (nSPS) is 28.8. The highest BCUT2D eigenvalue weighted by atomic mass is 15.4. The zero-order valence-corrected chi connectivity index (χ0v) is 14.0. The molecule has 0 N–H and O–H groups in total. The van der Waals surface area contributed by atoms with Crippen molar-refractivity contribution in [1.29, 1.82) is 0 Å². The number of hydrogen-bond donors (Lipinski definition) is 0. The smallest absolute Gasteiger partial charge is 0.0963 e. The van der Waals surface area contributed by atoms with Gasteiger partial charge in [0.05, 0.1) is 39.8 Å². The molecular formula is C19H31N2+. The highest BCUT2D eigenvalue weighted by Gasteiger charge is 2.33. The molecule has 1 heterocycles. The molecule has 0 spiro atoms. The second-order valence-electron chi connectivity index (χ2n) is 7.86. The van der Waals surface area contributed by atoms with Gasteiger partial charge in [-0.1, -0.05) is 31.0 Å². The monoisotopic (exact) mass is 287 g/mol. The fourth-order valence-corrected chi connectivity index (χ4v) is 4.26. The SMILES string of the molecule is Cc1ccc(N2CC[N+](C)(CC3CCC(C)C3)CC2)cc1. The molecule has 2 heteroatoms. The Morgan fingerprint density at radius 1 is 1.10 bits per heavy atom. The van der Waals surface area contributed by atoms with Crippen LogP contribution in [0.4, 0.5) is 5.69 Å². The Hall–Kier alpha value is -1.02. The van der Waals surface area contributed by atoms with E-state index in [4.69, 9.17) is 0 Å². The third-order valence-electron chi connectivity index (χ3n) is 5.72. The number of benzene rings is 1. The molecule has 1 aliphatic heterocycles. The van der Waals surface area contributed by atoms with Crippen LogP contribution in [0.25, 0.3) is 0 Å². The van der Waals surface area contributed by atoms with E-state index in [1.54, 1.807) is 0 Å². The van der Waals surface area contributed by atoms with Gasteiger partial charge in [0, 0.05) is 11.6 Å². The number of likely N-dealkylation sites (N-methyl/N-ethyl adjacent to an activating group) is 1. The van der Waals surface area contributed by atoms with Crippen LogP contribution in [0.15, 0.2) is 24.3 Å². The molecule has 0 aromatic heterocycles. The van der Waals surface area contributed by atoms with Gasteiger partial charge in [-0.15, -0.1) is 0 Å². The van der Waals surface area contributed by atoms with Gasteiger partial charge in [0.2, 0.25) is 0 Å². The third-order valence-corrected chi connectivity index (χ3v) is 5.72. The molecule has 2 unspecified atom stereocenters. The molecule has 2 nitrogen and oxygen atoms in total. The zero-order valence-electron chi connectivity index (χ0n) is 14.0. The molecule has 1 aromatic carbocycles. The van der Waals surface area contributed by atoms with Gasteiger partial charge >= 0.3 is 0 Å². The molecule has 1 aliphatic carbocycles. The Kier molecular flexibility index (Phi) is 4.26. The summed E-state index contributed by atoms with van der Waals surface area (Å²) in [4.78, 5) is 2.57. The first-order chi connectivity index (χ1) is 10.0.